The first-order valence-corrected chi connectivity index (χ1v) is 5.18. The average Bonchev–Trinajstić information content (AvgIpc) is 2.80. The Balaban J connectivity index is 2.37. The molecule has 0 fully saturated rings. The molecule has 1 aromatic carbocycles. The maximum absolute atomic E-state index is 9.08. The van der Waals surface area contributed by atoms with E-state index in [-0.39, 0.29) is 0 Å². The summed E-state index contributed by atoms with van der Waals surface area (Å²) in [4.78, 5) is 3.03. The molecule has 1 heterocycles. The minimum atomic E-state index is 0.610. The van der Waals surface area contributed by atoms with Gasteiger partial charge in [0.25, 0.3) is 0 Å². The third-order valence-electron chi connectivity index (χ3n) is 2.20. The van der Waals surface area contributed by atoms with E-state index in [0.29, 0.717) is 10.6 Å². The standard InChI is InChI=1S/C13H9ClN2/c14-12-5-3-10(4-6-12)11(9-15)8-13-2-1-7-16-13/h1-8,16H/b11-8+. The van der Waals surface area contributed by atoms with Gasteiger partial charge in [-0.2, -0.15) is 5.26 Å². The summed E-state index contributed by atoms with van der Waals surface area (Å²) < 4.78 is 0. The van der Waals surface area contributed by atoms with Crippen LogP contribution in [-0.2, 0) is 0 Å². The SMILES string of the molecule is N#C/C(=C\c1ccc[nH]1)c1ccc(Cl)cc1. The van der Waals surface area contributed by atoms with E-state index in [0.717, 1.165) is 11.3 Å². The molecule has 0 aliphatic rings. The number of hydrogen-bond acceptors (Lipinski definition) is 1. The van der Waals surface area contributed by atoms with E-state index < -0.39 is 0 Å². The lowest BCUT2D eigenvalue weighted by atomic mass is 10.1. The summed E-state index contributed by atoms with van der Waals surface area (Å²) in [5.41, 5.74) is 2.38. The van der Waals surface area contributed by atoms with Gasteiger partial charge in [0, 0.05) is 16.9 Å². The van der Waals surface area contributed by atoms with Gasteiger partial charge in [0.2, 0.25) is 0 Å². The Bertz CT molecular complexity index is 530. The van der Waals surface area contributed by atoms with Crippen LogP contribution >= 0.6 is 11.6 Å². The second kappa shape index (κ2) is 4.69. The molecule has 0 amide bonds. The number of nitriles is 1. The zero-order valence-electron chi connectivity index (χ0n) is 8.44. The van der Waals surface area contributed by atoms with Gasteiger partial charge in [-0.25, -0.2) is 0 Å². The third-order valence-corrected chi connectivity index (χ3v) is 2.45. The topological polar surface area (TPSA) is 39.6 Å². The monoisotopic (exact) mass is 228 g/mol. The van der Waals surface area contributed by atoms with Crippen LogP contribution < -0.4 is 0 Å². The number of benzene rings is 1. The van der Waals surface area contributed by atoms with E-state index in [1.165, 1.54) is 0 Å². The molecule has 2 nitrogen and oxygen atoms in total. The lowest BCUT2D eigenvalue weighted by Gasteiger charge is -1.98. The number of hydrogen-bond donors (Lipinski definition) is 1. The summed E-state index contributed by atoms with van der Waals surface area (Å²) in [5.74, 6) is 0. The average molecular weight is 229 g/mol. The molecule has 2 rings (SSSR count). The van der Waals surface area contributed by atoms with E-state index in [1.54, 1.807) is 12.1 Å². The van der Waals surface area contributed by atoms with Gasteiger partial charge in [0.1, 0.15) is 0 Å². The Hall–Kier alpha value is -1.98. The first kappa shape index (κ1) is 10.5. The first-order valence-electron chi connectivity index (χ1n) is 4.81. The second-order valence-electron chi connectivity index (χ2n) is 3.30. The van der Waals surface area contributed by atoms with Crippen molar-refractivity contribution in [3.8, 4) is 6.07 Å². The van der Waals surface area contributed by atoms with Crippen LogP contribution in [0.25, 0.3) is 11.6 Å². The summed E-state index contributed by atoms with van der Waals surface area (Å²) in [6.45, 7) is 0. The van der Waals surface area contributed by atoms with Crippen molar-refractivity contribution < 1.29 is 0 Å². The van der Waals surface area contributed by atoms with Gasteiger partial charge >= 0.3 is 0 Å². The Morgan fingerprint density at radius 3 is 2.56 bits per heavy atom. The predicted octanol–water partition coefficient (Wildman–Crippen LogP) is 3.73. The Morgan fingerprint density at radius 1 is 1.25 bits per heavy atom. The fourth-order valence-electron chi connectivity index (χ4n) is 1.40. The normalized spacial score (nSPS) is 11.1. The molecule has 78 valence electrons. The highest BCUT2D eigenvalue weighted by atomic mass is 35.5. The number of H-pyrrole nitrogens is 1. The molecular weight excluding hydrogens is 220 g/mol. The molecule has 0 bridgehead atoms. The number of nitrogens with zero attached hydrogens (tertiary/aromatic N) is 1. The van der Waals surface area contributed by atoms with Gasteiger partial charge in [0.05, 0.1) is 11.6 Å². The minimum absolute atomic E-state index is 0.610. The van der Waals surface area contributed by atoms with E-state index in [9.17, 15) is 0 Å². The highest BCUT2D eigenvalue weighted by Gasteiger charge is 2.00. The molecule has 0 saturated heterocycles. The number of nitrogens with one attached hydrogen (secondary N) is 1. The maximum atomic E-state index is 9.08. The van der Waals surface area contributed by atoms with Crippen LogP contribution in [-0.4, -0.2) is 4.98 Å². The van der Waals surface area contributed by atoms with Crippen molar-refractivity contribution >= 4 is 23.3 Å². The van der Waals surface area contributed by atoms with Crippen molar-refractivity contribution in [2.75, 3.05) is 0 Å². The Morgan fingerprint density at radius 2 is 2.00 bits per heavy atom. The van der Waals surface area contributed by atoms with Gasteiger partial charge in [-0.3, -0.25) is 0 Å². The largest absolute Gasteiger partial charge is 0.362 e. The molecule has 0 aliphatic carbocycles. The van der Waals surface area contributed by atoms with Crippen molar-refractivity contribution in [2.24, 2.45) is 0 Å². The van der Waals surface area contributed by atoms with E-state index in [2.05, 4.69) is 11.1 Å². The van der Waals surface area contributed by atoms with Crippen LogP contribution in [0.4, 0.5) is 0 Å². The van der Waals surface area contributed by atoms with Gasteiger partial charge in [-0.15, -0.1) is 0 Å². The van der Waals surface area contributed by atoms with E-state index >= 15 is 0 Å². The van der Waals surface area contributed by atoms with Crippen molar-refractivity contribution in [3.63, 3.8) is 0 Å². The molecular formula is C13H9ClN2. The fraction of sp³-hybridized carbons (Fsp3) is 0. The zero-order chi connectivity index (χ0) is 11.4. The van der Waals surface area contributed by atoms with Gasteiger partial charge < -0.3 is 4.98 Å². The van der Waals surface area contributed by atoms with Gasteiger partial charge in [-0.05, 0) is 35.9 Å². The molecule has 2 aromatic rings. The number of allylic oxidation sites excluding steroid dienone is 1. The maximum Gasteiger partial charge on any atom is 0.0998 e. The molecule has 3 heteroatoms. The second-order valence-corrected chi connectivity index (χ2v) is 3.74. The van der Waals surface area contributed by atoms with Crippen LogP contribution in [0.2, 0.25) is 5.02 Å². The third kappa shape index (κ3) is 2.33. The van der Waals surface area contributed by atoms with E-state index in [1.807, 2.05) is 36.5 Å². The Kier molecular flexibility index (Phi) is 3.09. The van der Waals surface area contributed by atoms with Gasteiger partial charge in [-0.1, -0.05) is 23.7 Å². The van der Waals surface area contributed by atoms with E-state index in [4.69, 9.17) is 16.9 Å². The molecule has 0 aliphatic heterocycles. The summed E-state index contributed by atoms with van der Waals surface area (Å²) in [7, 11) is 0. The Labute approximate surface area is 98.8 Å². The van der Waals surface area contributed by atoms with Crippen molar-refractivity contribution in [1.29, 1.82) is 5.26 Å². The first-order chi connectivity index (χ1) is 7.79. The minimum Gasteiger partial charge on any atom is -0.362 e. The van der Waals surface area contributed by atoms with Crippen LogP contribution in [0.1, 0.15) is 11.3 Å². The number of rotatable bonds is 2. The number of halogens is 1. The van der Waals surface area contributed by atoms with Crippen LogP contribution in [0.5, 0.6) is 0 Å². The van der Waals surface area contributed by atoms with Crippen LogP contribution in [0.3, 0.4) is 0 Å². The van der Waals surface area contributed by atoms with Crippen molar-refractivity contribution in [3.05, 3.63) is 58.9 Å². The smallest absolute Gasteiger partial charge is 0.0998 e. The summed E-state index contributed by atoms with van der Waals surface area (Å²) in [5, 5.41) is 9.75. The molecule has 0 unspecified atom stereocenters. The van der Waals surface area contributed by atoms with Crippen LogP contribution in [0, 0.1) is 11.3 Å². The molecule has 0 saturated carbocycles. The van der Waals surface area contributed by atoms with Gasteiger partial charge in [0.15, 0.2) is 0 Å². The quantitative estimate of drug-likeness (QED) is 0.782. The van der Waals surface area contributed by atoms with Crippen LogP contribution in [0.15, 0.2) is 42.6 Å². The summed E-state index contributed by atoms with van der Waals surface area (Å²) in [6.07, 6.45) is 3.63. The molecule has 1 aromatic heterocycles. The van der Waals surface area contributed by atoms with Crippen molar-refractivity contribution in [2.45, 2.75) is 0 Å². The number of aromatic nitrogens is 1. The highest BCUT2D eigenvalue weighted by molar-refractivity contribution is 6.30. The molecule has 0 atom stereocenters. The summed E-state index contributed by atoms with van der Waals surface area (Å²) >= 11 is 5.79. The molecule has 0 spiro atoms. The number of aromatic amines is 1. The molecule has 16 heavy (non-hydrogen) atoms. The van der Waals surface area contributed by atoms with Crippen molar-refractivity contribution in [1.82, 2.24) is 4.98 Å². The summed E-state index contributed by atoms with van der Waals surface area (Å²) in [6, 6.07) is 13.2. The lowest BCUT2D eigenvalue weighted by molar-refractivity contribution is 1.38. The highest BCUT2D eigenvalue weighted by Crippen LogP contribution is 2.19. The lowest BCUT2D eigenvalue weighted by Crippen LogP contribution is -1.81. The zero-order valence-corrected chi connectivity index (χ0v) is 9.20. The fourth-order valence-corrected chi connectivity index (χ4v) is 1.53. The molecule has 1 N–H and O–H groups in total. The predicted molar refractivity (Wildman–Crippen MR) is 65.7 cm³/mol. The molecule has 0 radical (unpaired) electrons.